The first kappa shape index (κ1) is 22.9. The maximum absolute atomic E-state index is 9.82. The van der Waals surface area contributed by atoms with E-state index < -0.39 is 114 Å². The summed E-state index contributed by atoms with van der Waals surface area (Å²) in [5.41, 5.74) is 0.545. The minimum atomic E-state index is -2.20. The second-order valence-corrected chi connectivity index (χ2v) is 15.8. The predicted octanol–water partition coefficient (Wildman–Crippen LogP) is 15.9. The van der Waals surface area contributed by atoms with E-state index >= 15 is 0 Å². The standard InChI is InChI=1S/C63H45N/c1-44-19-18-28-50(41-44)63(49-26-12-5-13-27-49)59-32-17-15-30-55(59)57-40-38-53(43-61(57)63)64(51-35-33-46(34-36-51)45-20-6-2-7-21-45)52-37-39-56-54-29-14-16-31-58(54)62(60(56)42-52,47-22-8-3-9-23-47)48-24-10-4-11-25-48/h2-43H,1H3/i3D,4D,5D,8D,9D,10D,11D,12D,13D,18D,19D,22D,23D,24D,25D,26D,27D,28D,41D. The smallest absolute Gasteiger partial charge is 0.0714 e. The number of rotatable bonds is 8. The van der Waals surface area contributed by atoms with Crippen molar-refractivity contribution in [3.05, 3.63) is 304 Å². The zero-order valence-corrected chi connectivity index (χ0v) is 34.2. The number of hydrogen-bond acceptors (Lipinski definition) is 1. The van der Waals surface area contributed by atoms with Gasteiger partial charge in [0, 0.05) is 17.1 Å². The number of hydrogen-bond donors (Lipinski definition) is 0. The van der Waals surface area contributed by atoms with Crippen LogP contribution in [0.15, 0.2) is 254 Å². The second-order valence-electron chi connectivity index (χ2n) is 15.8. The molecule has 0 bridgehead atoms. The van der Waals surface area contributed by atoms with Crippen molar-refractivity contribution in [1.82, 2.24) is 0 Å². The molecule has 10 aromatic rings. The summed E-state index contributed by atoms with van der Waals surface area (Å²) in [7, 11) is 0. The van der Waals surface area contributed by atoms with Gasteiger partial charge in [0.05, 0.1) is 36.9 Å². The van der Waals surface area contributed by atoms with Gasteiger partial charge in [-0.1, -0.05) is 223 Å². The van der Waals surface area contributed by atoms with Crippen LogP contribution in [0.25, 0.3) is 33.4 Å². The Labute approximate surface area is 402 Å². The lowest BCUT2D eigenvalue weighted by Gasteiger charge is -2.36. The maximum atomic E-state index is 9.82. The highest BCUT2D eigenvalue weighted by molar-refractivity contribution is 5.92. The third-order valence-electron chi connectivity index (χ3n) is 12.6. The van der Waals surface area contributed by atoms with Crippen LogP contribution in [-0.2, 0) is 10.8 Å². The molecular formula is C63H45N. The lowest BCUT2D eigenvalue weighted by molar-refractivity contribution is 0.766. The van der Waals surface area contributed by atoms with Gasteiger partial charge in [0.15, 0.2) is 0 Å². The van der Waals surface area contributed by atoms with Gasteiger partial charge in [-0.2, -0.15) is 0 Å². The maximum Gasteiger partial charge on any atom is 0.0714 e. The molecule has 0 amide bonds. The van der Waals surface area contributed by atoms with Gasteiger partial charge in [0.25, 0.3) is 0 Å². The summed E-state index contributed by atoms with van der Waals surface area (Å²) in [5, 5.41) is 0. The Bertz CT molecular complexity index is 3970. The number of benzene rings is 10. The van der Waals surface area contributed by atoms with Gasteiger partial charge in [-0.15, -0.1) is 0 Å². The van der Waals surface area contributed by atoms with Crippen LogP contribution in [-0.4, -0.2) is 0 Å². The molecule has 0 saturated heterocycles. The van der Waals surface area contributed by atoms with Crippen LogP contribution in [0, 0.1) is 6.92 Å². The number of fused-ring (bicyclic) bond motifs is 6. The Kier molecular flexibility index (Phi) is 5.41. The molecule has 1 heteroatoms. The molecule has 1 nitrogen and oxygen atoms in total. The summed E-state index contributed by atoms with van der Waals surface area (Å²) >= 11 is 0. The zero-order valence-electron chi connectivity index (χ0n) is 53.2. The predicted molar refractivity (Wildman–Crippen MR) is 266 cm³/mol. The van der Waals surface area contributed by atoms with E-state index in [4.69, 9.17) is 15.1 Å². The van der Waals surface area contributed by atoms with E-state index in [9.17, 15) is 11.0 Å². The SMILES string of the molecule is [2H]c1c([2H])c([2H])c(C2(c3c([2H])c([2H])c([2H])c([2H])c3[2H])c3ccccc3-c3ccc(N(c4ccc(-c5ccccc5)cc4)c4ccc5c(c4)C(c4c([2H])c([2H])c([2H])c([2H])c4[2H])(c4c([2H])c([2H])c([2H])c(C)c4[2H])c4ccccc4-5)cc32)c([2H])c1[2H]. The third-order valence-corrected chi connectivity index (χ3v) is 12.6. The van der Waals surface area contributed by atoms with Crippen molar-refractivity contribution >= 4 is 17.1 Å². The fraction of sp³-hybridized carbons (Fsp3) is 0.0476. The molecule has 1 unspecified atom stereocenters. The lowest BCUT2D eigenvalue weighted by atomic mass is 9.67. The molecule has 2 aliphatic carbocycles. The minimum absolute atomic E-state index is 0.0239. The van der Waals surface area contributed by atoms with Crippen LogP contribution < -0.4 is 4.90 Å². The van der Waals surface area contributed by atoms with E-state index in [2.05, 4.69) is 0 Å². The van der Waals surface area contributed by atoms with Gasteiger partial charge in [-0.05, 0) is 121 Å². The second kappa shape index (κ2) is 15.1. The molecule has 0 aromatic heterocycles. The van der Waals surface area contributed by atoms with Gasteiger partial charge in [0.2, 0.25) is 0 Å². The summed E-state index contributed by atoms with van der Waals surface area (Å²) < 4.78 is 176. The van der Waals surface area contributed by atoms with Crippen molar-refractivity contribution < 1.29 is 26.0 Å². The summed E-state index contributed by atoms with van der Waals surface area (Å²) in [6, 6.07) is 29.5. The fourth-order valence-electron chi connectivity index (χ4n) is 9.96. The van der Waals surface area contributed by atoms with Crippen LogP contribution in [0.4, 0.5) is 17.1 Å². The molecule has 0 fully saturated rings. The molecule has 64 heavy (non-hydrogen) atoms. The fourth-order valence-corrected chi connectivity index (χ4v) is 9.96. The van der Waals surface area contributed by atoms with Gasteiger partial charge in [-0.3, -0.25) is 0 Å². The molecule has 0 heterocycles. The summed E-state index contributed by atoms with van der Waals surface area (Å²) in [6.45, 7) is 1.47. The lowest BCUT2D eigenvalue weighted by Crippen LogP contribution is -2.29. The van der Waals surface area contributed by atoms with Crippen molar-refractivity contribution in [1.29, 1.82) is 0 Å². The van der Waals surface area contributed by atoms with Gasteiger partial charge in [-0.25, -0.2) is 0 Å². The highest BCUT2D eigenvalue weighted by Gasteiger charge is 2.48. The quantitative estimate of drug-likeness (QED) is 0.147. The van der Waals surface area contributed by atoms with Crippen LogP contribution in [0.1, 0.15) is 76.1 Å². The van der Waals surface area contributed by atoms with Crippen molar-refractivity contribution in [2.24, 2.45) is 0 Å². The first-order chi connectivity index (χ1) is 39.5. The Balaban J connectivity index is 1.24. The average molecular weight is 835 g/mol. The normalized spacial score (nSPS) is 19.3. The molecule has 0 N–H and O–H groups in total. The largest absolute Gasteiger partial charge is 0.310 e. The Morgan fingerprint density at radius 3 is 1.27 bits per heavy atom. The molecular weight excluding hydrogens is 771 g/mol. The van der Waals surface area contributed by atoms with Crippen LogP contribution >= 0.6 is 0 Å². The first-order valence-corrected chi connectivity index (χ1v) is 20.8. The van der Waals surface area contributed by atoms with E-state index in [1.165, 1.54) is 6.92 Å². The van der Waals surface area contributed by atoms with Crippen LogP contribution in [0.3, 0.4) is 0 Å². The third kappa shape index (κ3) is 5.64. The van der Waals surface area contributed by atoms with Gasteiger partial charge >= 0.3 is 0 Å². The molecule has 12 rings (SSSR count). The van der Waals surface area contributed by atoms with Crippen molar-refractivity contribution in [2.45, 2.75) is 17.8 Å². The molecule has 10 aromatic carbocycles. The molecule has 0 aliphatic heterocycles. The Hall–Kier alpha value is -8.00. The van der Waals surface area contributed by atoms with E-state index in [0.29, 0.717) is 44.9 Å². The molecule has 0 saturated carbocycles. The molecule has 302 valence electrons. The Morgan fingerprint density at radius 1 is 0.344 bits per heavy atom. The van der Waals surface area contributed by atoms with E-state index in [1.807, 2.05) is 59.5 Å². The molecule has 1 atom stereocenters. The van der Waals surface area contributed by atoms with Crippen molar-refractivity contribution in [3.8, 4) is 33.4 Å². The average Bonchev–Trinajstić information content (AvgIpc) is 2.08. The topological polar surface area (TPSA) is 3.24 Å². The summed E-state index contributed by atoms with van der Waals surface area (Å²) in [5.74, 6) is 0. The van der Waals surface area contributed by atoms with Crippen LogP contribution in [0.5, 0.6) is 0 Å². The number of anilines is 3. The van der Waals surface area contributed by atoms with Crippen molar-refractivity contribution in [2.75, 3.05) is 4.90 Å². The molecule has 0 radical (unpaired) electrons. The molecule has 2 aliphatic rings. The minimum Gasteiger partial charge on any atom is -0.310 e. The van der Waals surface area contributed by atoms with E-state index in [1.54, 1.807) is 84.9 Å². The highest BCUT2D eigenvalue weighted by Crippen LogP contribution is 2.59. The number of nitrogens with zero attached hydrogens (tertiary/aromatic N) is 1. The highest BCUT2D eigenvalue weighted by atomic mass is 15.1. The summed E-state index contributed by atoms with van der Waals surface area (Å²) in [6.07, 6.45) is 0. The first-order valence-electron chi connectivity index (χ1n) is 30.3. The van der Waals surface area contributed by atoms with Crippen LogP contribution in [0.2, 0.25) is 0 Å². The van der Waals surface area contributed by atoms with E-state index in [0.717, 1.165) is 11.1 Å². The van der Waals surface area contributed by atoms with Gasteiger partial charge in [0.1, 0.15) is 0 Å². The summed E-state index contributed by atoms with van der Waals surface area (Å²) in [4.78, 5) is 1.83. The van der Waals surface area contributed by atoms with E-state index in [-0.39, 0.29) is 56.6 Å². The molecule has 0 spiro atoms. The monoisotopic (exact) mass is 834 g/mol. The Morgan fingerprint density at radius 2 is 0.750 bits per heavy atom. The zero-order chi connectivity index (χ0) is 59.2. The van der Waals surface area contributed by atoms with Crippen molar-refractivity contribution in [3.63, 3.8) is 0 Å². The van der Waals surface area contributed by atoms with Gasteiger partial charge < -0.3 is 4.90 Å².